The maximum absolute atomic E-state index is 6.36. The number of nitrogens with two attached hydrogens (primary N) is 1. The number of aromatic nitrogens is 4. The predicted molar refractivity (Wildman–Crippen MR) is 163 cm³/mol. The lowest BCUT2D eigenvalue weighted by atomic mass is 9.93. The Morgan fingerprint density at radius 3 is 2.56 bits per heavy atom. The van der Waals surface area contributed by atoms with Crippen LogP contribution in [-0.4, -0.2) is 19.9 Å². The largest absolute Gasteiger partial charge is 0.397 e. The van der Waals surface area contributed by atoms with Crippen LogP contribution in [0.2, 0.25) is 0 Å². The number of hydrogen-bond donors (Lipinski definition) is 3. The predicted octanol–water partition coefficient (Wildman–Crippen LogP) is 7.39. The minimum absolute atomic E-state index is 0.0593. The van der Waals surface area contributed by atoms with Crippen molar-refractivity contribution in [3.63, 3.8) is 0 Å². The summed E-state index contributed by atoms with van der Waals surface area (Å²) in [6.07, 6.45) is 14.0. The van der Waals surface area contributed by atoms with E-state index in [-0.39, 0.29) is 5.41 Å². The van der Waals surface area contributed by atoms with Gasteiger partial charge in [-0.15, -0.1) is 12.8 Å². The number of rotatable bonds is 6. The smallest absolute Gasteiger partial charge is 0.138 e. The molecule has 5 rings (SSSR count). The van der Waals surface area contributed by atoms with E-state index in [0.29, 0.717) is 12.1 Å². The van der Waals surface area contributed by atoms with Crippen LogP contribution in [0.5, 0.6) is 0 Å². The van der Waals surface area contributed by atoms with E-state index in [1.54, 1.807) is 6.20 Å². The first-order chi connectivity index (χ1) is 18.7. The highest BCUT2D eigenvalue weighted by molar-refractivity contribution is 5.93. The van der Waals surface area contributed by atoms with Gasteiger partial charge < -0.3 is 16.0 Å². The fraction of sp³-hybridized carbons (Fsp3) is 0.182. The Morgan fingerprint density at radius 2 is 1.82 bits per heavy atom. The molecular formula is C33H34N6. The highest BCUT2D eigenvalue weighted by Gasteiger charge is 2.16. The number of nitrogen functional groups attached to an aromatic ring is 1. The Hall–Kier alpha value is -4.89. The number of pyridine rings is 3. The third-order valence-corrected chi connectivity index (χ3v) is 6.52. The van der Waals surface area contributed by atoms with Crippen molar-refractivity contribution in [1.82, 2.24) is 19.9 Å². The van der Waals surface area contributed by atoms with Gasteiger partial charge in [0.1, 0.15) is 5.65 Å². The van der Waals surface area contributed by atoms with Gasteiger partial charge >= 0.3 is 0 Å². The average molecular weight is 515 g/mol. The number of nitrogens with zero attached hydrogens (tertiary/aromatic N) is 3. The number of nitrogens with one attached hydrogen (secondary N) is 2. The molecular weight excluding hydrogens is 480 g/mol. The van der Waals surface area contributed by atoms with E-state index in [1.807, 2.05) is 30.6 Å². The molecule has 0 bridgehead atoms. The van der Waals surface area contributed by atoms with Gasteiger partial charge in [-0.1, -0.05) is 57.2 Å². The molecule has 0 aliphatic heterocycles. The lowest BCUT2D eigenvalue weighted by Crippen LogP contribution is -2.15. The van der Waals surface area contributed by atoms with Crippen LogP contribution in [0.15, 0.2) is 85.5 Å². The number of hydrogen-bond acceptors (Lipinski definition) is 5. The summed E-state index contributed by atoms with van der Waals surface area (Å²) in [4.78, 5) is 17.4. The molecule has 0 saturated carbocycles. The Balaban J connectivity index is 0.00000172. The van der Waals surface area contributed by atoms with Crippen molar-refractivity contribution in [3.8, 4) is 35.2 Å². The molecule has 0 spiro atoms. The third kappa shape index (κ3) is 6.16. The highest BCUT2D eigenvalue weighted by atomic mass is 14.9. The lowest BCUT2D eigenvalue weighted by Gasteiger charge is -2.23. The van der Waals surface area contributed by atoms with Crippen molar-refractivity contribution >= 4 is 22.4 Å². The van der Waals surface area contributed by atoms with Gasteiger partial charge in [-0.25, -0.2) is 4.98 Å². The third-order valence-electron chi connectivity index (χ3n) is 6.52. The Morgan fingerprint density at radius 1 is 1.03 bits per heavy atom. The quantitative estimate of drug-likeness (QED) is 0.205. The van der Waals surface area contributed by atoms with Gasteiger partial charge in [0.2, 0.25) is 0 Å². The molecule has 0 saturated heterocycles. The van der Waals surface area contributed by atoms with Crippen LogP contribution < -0.4 is 11.1 Å². The zero-order valence-corrected chi connectivity index (χ0v) is 22.9. The lowest BCUT2D eigenvalue weighted by molar-refractivity contribution is 0.509. The number of terminal acetylenes is 1. The van der Waals surface area contributed by atoms with Gasteiger partial charge in [0.15, 0.2) is 0 Å². The summed E-state index contributed by atoms with van der Waals surface area (Å²) in [5.74, 6) is 0. The SMILES string of the molecule is C#C.C=C(Nc1cncc(-c2ccc(N)c(Cc3cc4c(-c5cccc(C)c5)ccnc4[nH]3)n2)c1)C(C)(C)C. The van der Waals surface area contributed by atoms with Crippen molar-refractivity contribution in [1.29, 1.82) is 0 Å². The first-order valence-corrected chi connectivity index (χ1v) is 12.7. The number of benzene rings is 1. The van der Waals surface area contributed by atoms with Crippen molar-refractivity contribution in [2.45, 2.75) is 34.1 Å². The minimum Gasteiger partial charge on any atom is -0.397 e. The van der Waals surface area contributed by atoms with Gasteiger partial charge in [-0.2, -0.15) is 0 Å². The molecule has 0 amide bonds. The van der Waals surface area contributed by atoms with Crippen LogP contribution in [0.25, 0.3) is 33.4 Å². The summed E-state index contributed by atoms with van der Waals surface area (Å²) in [5.41, 5.74) is 16.7. The molecule has 1 aromatic carbocycles. The van der Waals surface area contributed by atoms with E-state index in [9.17, 15) is 0 Å². The number of H-pyrrole nitrogens is 1. The summed E-state index contributed by atoms with van der Waals surface area (Å²) in [6, 6.07) is 18.6. The van der Waals surface area contributed by atoms with Crippen molar-refractivity contribution in [3.05, 3.63) is 102 Å². The number of aryl methyl sites for hydroxylation is 1. The second-order valence-corrected chi connectivity index (χ2v) is 10.5. The summed E-state index contributed by atoms with van der Waals surface area (Å²) in [5, 5.41) is 4.46. The maximum atomic E-state index is 6.36. The fourth-order valence-electron chi connectivity index (χ4n) is 4.25. The number of allylic oxidation sites excluding steroid dienone is 1. The van der Waals surface area contributed by atoms with E-state index < -0.39 is 0 Å². The van der Waals surface area contributed by atoms with Gasteiger partial charge in [0.25, 0.3) is 0 Å². The minimum atomic E-state index is -0.0593. The van der Waals surface area contributed by atoms with Gasteiger partial charge in [-0.05, 0) is 48.4 Å². The topological polar surface area (TPSA) is 92.5 Å². The zero-order valence-electron chi connectivity index (χ0n) is 22.9. The van der Waals surface area contributed by atoms with Crippen molar-refractivity contribution in [2.75, 3.05) is 11.1 Å². The standard InChI is InChI=1S/C31H32N6.C2H2/c1-19-7-6-8-21(13-19)25-11-12-34-30-26(25)15-23(36-30)16-29-27(32)9-10-28(37-29)22-14-24(18-33-17-22)35-20(2)31(3,4)5;1-2/h6-15,17-18,35H,2,16,32H2,1,3-5H3,(H,34,36);1-2H. The summed E-state index contributed by atoms with van der Waals surface area (Å²) >= 11 is 0. The van der Waals surface area contributed by atoms with E-state index >= 15 is 0 Å². The molecule has 6 heteroatoms. The summed E-state index contributed by atoms with van der Waals surface area (Å²) in [6.45, 7) is 12.6. The fourth-order valence-corrected chi connectivity index (χ4v) is 4.25. The second-order valence-electron chi connectivity index (χ2n) is 10.5. The molecule has 5 aromatic rings. The van der Waals surface area contributed by atoms with Gasteiger partial charge in [0.05, 0.1) is 29.0 Å². The van der Waals surface area contributed by atoms with E-state index in [0.717, 1.165) is 50.6 Å². The number of fused-ring (bicyclic) bond motifs is 1. The molecule has 0 radical (unpaired) electrons. The molecule has 6 nitrogen and oxygen atoms in total. The van der Waals surface area contributed by atoms with E-state index in [2.05, 4.69) is 104 Å². The zero-order chi connectivity index (χ0) is 28.2. The maximum Gasteiger partial charge on any atom is 0.138 e. The molecule has 4 heterocycles. The molecule has 0 fully saturated rings. The van der Waals surface area contributed by atoms with Crippen molar-refractivity contribution in [2.24, 2.45) is 5.41 Å². The Labute approximate surface area is 230 Å². The van der Waals surface area contributed by atoms with Crippen LogP contribution >= 0.6 is 0 Å². The number of anilines is 2. The van der Waals surface area contributed by atoms with Gasteiger partial charge in [-0.3, -0.25) is 9.97 Å². The van der Waals surface area contributed by atoms with Crippen LogP contribution in [0, 0.1) is 25.2 Å². The van der Waals surface area contributed by atoms with Crippen molar-refractivity contribution < 1.29 is 0 Å². The highest BCUT2D eigenvalue weighted by Crippen LogP contribution is 2.31. The monoisotopic (exact) mass is 514 g/mol. The average Bonchev–Trinajstić information content (AvgIpc) is 3.33. The molecule has 4 aromatic heterocycles. The van der Waals surface area contributed by atoms with Gasteiger partial charge in [0, 0.05) is 46.6 Å². The second kappa shape index (κ2) is 11.2. The van der Waals surface area contributed by atoms with Crippen LogP contribution in [0.1, 0.15) is 37.7 Å². The van der Waals surface area contributed by atoms with Crippen LogP contribution in [0.3, 0.4) is 0 Å². The molecule has 4 N–H and O–H groups in total. The molecule has 0 atom stereocenters. The normalized spacial score (nSPS) is 11.0. The Kier molecular flexibility index (Phi) is 7.83. The Bertz CT molecular complexity index is 1650. The molecule has 0 unspecified atom stereocenters. The summed E-state index contributed by atoms with van der Waals surface area (Å²) in [7, 11) is 0. The molecule has 0 aliphatic carbocycles. The van der Waals surface area contributed by atoms with E-state index in [1.165, 1.54) is 11.1 Å². The van der Waals surface area contributed by atoms with Crippen LogP contribution in [0.4, 0.5) is 11.4 Å². The molecule has 0 aliphatic rings. The molecule has 39 heavy (non-hydrogen) atoms. The first kappa shape index (κ1) is 27.2. The molecule has 196 valence electrons. The van der Waals surface area contributed by atoms with Crippen LogP contribution in [-0.2, 0) is 6.42 Å². The first-order valence-electron chi connectivity index (χ1n) is 12.7. The van der Waals surface area contributed by atoms with E-state index in [4.69, 9.17) is 10.7 Å². The summed E-state index contributed by atoms with van der Waals surface area (Å²) < 4.78 is 0. The number of aromatic amines is 1.